The molecule has 1 heterocycles. The average molecular weight is 545 g/mol. The maximum absolute atomic E-state index is 14.1. The van der Waals surface area contributed by atoms with Gasteiger partial charge in [-0.3, -0.25) is 9.10 Å². The van der Waals surface area contributed by atoms with Gasteiger partial charge in [0, 0.05) is 6.07 Å². The van der Waals surface area contributed by atoms with Gasteiger partial charge in [-0.2, -0.15) is 0 Å². The summed E-state index contributed by atoms with van der Waals surface area (Å²) in [5.74, 6) is -0.608. The van der Waals surface area contributed by atoms with Crippen molar-refractivity contribution in [2.24, 2.45) is 0 Å². The molecular formula is C27H29FN2O7S. The van der Waals surface area contributed by atoms with Crippen molar-refractivity contribution >= 4 is 21.6 Å². The molecule has 11 heteroatoms. The van der Waals surface area contributed by atoms with Crippen LogP contribution in [0.25, 0.3) is 11.1 Å². The van der Waals surface area contributed by atoms with Gasteiger partial charge in [0.05, 0.1) is 37.9 Å². The van der Waals surface area contributed by atoms with Crippen LogP contribution < -0.4 is 23.8 Å². The van der Waals surface area contributed by atoms with Crippen LogP contribution in [0.5, 0.6) is 17.2 Å². The molecule has 2 N–H and O–H groups in total. The highest BCUT2D eigenvalue weighted by Crippen LogP contribution is 2.40. The summed E-state index contributed by atoms with van der Waals surface area (Å²) in [6.45, 7) is 2.48. The van der Waals surface area contributed by atoms with Gasteiger partial charge < -0.3 is 24.6 Å². The lowest BCUT2D eigenvalue weighted by atomic mass is 10.0. The largest absolute Gasteiger partial charge is 0.497 e. The molecule has 1 atom stereocenters. The number of hydrogen-bond donors (Lipinski definition) is 2. The Morgan fingerprint density at radius 3 is 2.53 bits per heavy atom. The van der Waals surface area contributed by atoms with E-state index >= 15 is 0 Å². The van der Waals surface area contributed by atoms with Crippen LogP contribution in [0.2, 0.25) is 0 Å². The van der Waals surface area contributed by atoms with Gasteiger partial charge in [0.15, 0.2) is 11.6 Å². The van der Waals surface area contributed by atoms with E-state index in [1.807, 2.05) is 18.2 Å². The summed E-state index contributed by atoms with van der Waals surface area (Å²) < 4.78 is 59.3. The van der Waals surface area contributed by atoms with E-state index in [1.54, 1.807) is 31.4 Å². The summed E-state index contributed by atoms with van der Waals surface area (Å²) in [6.07, 6.45) is -0.770. The third-order valence-corrected chi connectivity index (χ3v) is 7.83. The summed E-state index contributed by atoms with van der Waals surface area (Å²) >= 11 is 0. The number of benzene rings is 3. The zero-order valence-corrected chi connectivity index (χ0v) is 22.2. The molecule has 1 unspecified atom stereocenters. The number of hydrogen-bond acceptors (Lipinski definition) is 7. The fourth-order valence-corrected chi connectivity index (χ4v) is 5.49. The van der Waals surface area contributed by atoms with Crippen LogP contribution in [0.3, 0.4) is 0 Å². The van der Waals surface area contributed by atoms with E-state index in [0.717, 1.165) is 23.3 Å². The molecule has 0 radical (unpaired) electrons. The molecule has 9 nitrogen and oxygen atoms in total. The lowest BCUT2D eigenvalue weighted by Gasteiger charge is -2.36. The highest BCUT2D eigenvalue weighted by molar-refractivity contribution is 7.92. The Bertz CT molecular complexity index is 1450. The minimum absolute atomic E-state index is 0.0569. The fourth-order valence-electron chi connectivity index (χ4n) is 3.98. The molecule has 3 aromatic rings. The van der Waals surface area contributed by atoms with Gasteiger partial charge in [-0.1, -0.05) is 18.2 Å². The number of methoxy groups -OCH3 is 2. The van der Waals surface area contributed by atoms with Gasteiger partial charge in [-0.05, 0) is 61.4 Å². The number of amides is 1. The van der Waals surface area contributed by atoms with Crippen molar-refractivity contribution in [2.45, 2.75) is 30.4 Å². The Labute approximate surface area is 220 Å². The summed E-state index contributed by atoms with van der Waals surface area (Å²) in [7, 11) is -1.41. The molecule has 0 spiro atoms. The van der Waals surface area contributed by atoms with E-state index < -0.39 is 33.5 Å². The Hall–Kier alpha value is -3.83. The molecule has 202 valence electrons. The van der Waals surface area contributed by atoms with Crippen molar-refractivity contribution in [1.29, 1.82) is 0 Å². The summed E-state index contributed by atoms with van der Waals surface area (Å²) in [5, 5.41) is 12.5. The molecular weight excluding hydrogens is 515 g/mol. The Morgan fingerprint density at radius 2 is 1.84 bits per heavy atom. The molecule has 0 saturated carbocycles. The fraction of sp³-hybridized carbons (Fsp3) is 0.296. The number of rotatable bonds is 8. The Balaban J connectivity index is 1.77. The lowest BCUT2D eigenvalue weighted by molar-refractivity contribution is -0.136. The first kappa shape index (κ1) is 27.2. The van der Waals surface area contributed by atoms with Gasteiger partial charge in [-0.25, -0.2) is 12.8 Å². The first-order valence-electron chi connectivity index (χ1n) is 11.8. The molecule has 0 saturated heterocycles. The van der Waals surface area contributed by atoms with Gasteiger partial charge >= 0.3 is 0 Å². The Morgan fingerprint density at radius 1 is 1.11 bits per heavy atom. The van der Waals surface area contributed by atoms with Crippen LogP contribution in [0.1, 0.15) is 13.8 Å². The van der Waals surface area contributed by atoms with Crippen molar-refractivity contribution < 1.29 is 36.9 Å². The van der Waals surface area contributed by atoms with Crippen LogP contribution in [0.15, 0.2) is 65.6 Å². The molecule has 0 fully saturated rings. The van der Waals surface area contributed by atoms with Crippen molar-refractivity contribution in [1.82, 2.24) is 5.32 Å². The number of sulfonamides is 1. The van der Waals surface area contributed by atoms with Gasteiger partial charge in [0.2, 0.25) is 0 Å². The van der Waals surface area contributed by atoms with Crippen molar-refractivity contribution in [3.05, 3.63) is 66.5 Å². The van der Waals surface area contributed by atoms with Crippen LogP contribution in [0.4, 0.5) is 10.1 Å². The first-order chi connectivity index (χ1) is 17.9. The standard InChI is InChI=1S/C27H29FN2O7S/c1-27(2,32)26(31)29-15-20-16-30(38(33,34)21-9-10-22(28)25(14-21)36-4)23-13-18(8-11-24(23)37-20)17-6-5-7-19(12-17)35-3/h5-14,20,32H,15-16H2,1-4H3,(H,29,31). The summed E-state index contributed by atoms with van der Waals surface area (Å²) in [5.41, 5.74) is 0.178. The van der Waals surface area contributed by atoms with E-state index in [9.17, 15) is 22.7 Å². The topological polar surface area (TPSA) is 114 Å². The van der Waals surface area contributed by atoms with E-state index in [-0.39, 0.29) is 35.2 Å². The summed E-state index contributed by atoms with van der Waals surface area (Å²) in [6, 6.07) is 15.8. The second kappa shape index (κ2) is 10.5. The number of ether oxygens (including phenoxy) is 3. The number of halogens is 1. The zero-order chi connectivity index (χ0) is 27.7. The van der Waals surface area contributed by atoms with E-state index in [1.165, 1.54) is 31.3 Å². The molecule has 1 amide bonds. The van der Waals surface area contributed by atoms with Crippen molar-refractivity contribution in [3.8, 4) is 28.4 Å². The predicted molar refractivity (Wildman–Crippen MR) is 140 cm³/mol. The van der Waals surface area contributed by atoms with Crippen LogP contribution in [0, 0.1) is 5.82 Å². The lowest BCUT2D eigenvalue weighted by Crippen LogP contribution is -2.51. The molecule has 0 aromatic heterocycles. The number of nitrogens with zero attached hydrogens (tertiary/aromatic N) is 1. The minimum atomic E-state index is -4.22. The van der Waals surface area contributed by atoms with Gasteiger partial charge in [0.1, 0.15) is 23.2 Å². The van der Waals surface area contributed by atoms with Crippen LogP contribution in [-0.2, 0) is 14.8 Å². The number of nitrogens with one attached hydrogen (secondary N) is 1. The number of aliphatic hydroxyl groups is 1. The SMILES string of the molecule is COc1cccc(-c2ccc3c(c2)N(S(=O)(=O)c2ccc(F)c(OC)c2)CC(CNC(=O)C(C)(C)O)O3)c1. The molecule has 4 rings (SSSR count). The monoisotopic (exact) mass is 544 g/mol. The number of carbonyl (C=O) groups excluding carboxylic acids is 1. The van der Waals surface area contributed by atoms with E-state index in [4.69, 9.17) is 14.2 Å². The maximum atomic E-state index is 14.1. The second-order valence-electron chi connectivity index (χ2n) is 9.26. The van der Waals surface area contributed by atoms with Crippen molar-refractivity contribution in [3.63, 3.8) is 0 Å². The number of carbonyl (C=O) groups is 1. The smallest absolute Gasteiger partial charge is 0.264 e. The maximum Gasteiger partial charge on any atom is 0.264 e. The van der Waals surface area contributed by atoms with Gasteiger partial charge in [-0.15, -0.1) is 0 Å². The molecule has 3 aromatic carbocycles. The molecule has 1 aliphatic rings. The first-order valence-corrected chi connectivity index (χ1v) is 13.2. The molecule has 1 aliphatic heterocycles. The second-order valence-corrected chi connectivity index (χ2v) is 11.1. The normalized spacial score (nSPS) is 15.3. The highest BCUT2D eigenvalue weighted by Gasteiger charge is 2.36. The summed E-state index contributed by atoms with van der Waals surface area (Å²) in [4.78, 5) is 12.0. The van der Waals surface area contributed by atoms with Crippen LogP contribution >= 0.6 is 0 Å². The minimum Gasteiger partial charge on any atom is -0.497 e. The Kier molecular flexibility index (Phi) is 7.52. The average Bonchev–Trinajstić information content (AvgIpc) is 2.90. The predicted octanol–water partition coefficient (Wildman–Crippen LogP) is 3.35. The van der Waals surface area contributed by atoms with E-state index in [2.05, 4.69) is 5.32 Å². The van der Waals surface area contributed by atoms with Gasteiger partial charge in [0.25, 0.3) is 15.9 Å². The zero-order valence-electron chi connectivity index (χ0n) is 21.4. The van der Waals surface area contributed by atoms with Crippen LogP contribution in [-0.4, -0.2) is 58.4 Å². The molecule has 0 aliphatic carbocycles. The van der Waals surface area contributed by atoms with Crippen molar-refractivity contribution in [2.75, 3.05) is 31.6 Å². The highest BCUT2D eigenvalue weighted by atomic mass is 32.2. The van der Waals surface area contributed by atoms with E-state index in [0.29, 0.717) is 5.75 Å². The number of fused-ring (bicyclic) bond motifs is 1. The third kappa shape index (κ3) is 5.53. The molecule has 0 bridgehead atoms. The molecule has 38 heavy (non-hydrogen) atoms. The number of anilines is 1. The quantitative estimate of drug-likeness (QED) is 0.447. The third-order valence-electron chi connectivity index (χ3n) is 6.05.